The van der Waals surface area contributed by atoms with Gasteiger partial charge in [-0.15, -0.1) is 0 Å². The van der Waals surface area contributed by atoms with Crippen LogP contribution in [0.3, 0.4) is 0 Å². The average molecular weight is 363 g/mol. The lowest BCUT2D eigenvalue weighted by molar-refractivity contribution is 0.808. The summed E-state index contributed by atoms with van der Waals surface area (Å²) in [5.74, 6) is 0.627. The third kappa shape index (κ3) is 2.96. The van der Waals surface area contributed by atoms with E-state index < -0.39 is 0 Å². The summed E-state index contributed by atoms with van der Waals surface area (Å²) in [7, 11) is 0. The van der Waals surface area contributed by atoms with E-state index in [9.17, 15) is 0 Å². The number of rotatable bonds is 3. The Morgan fingerprint density at radius 3 is 2.67 bits per heavy atom. The van der Waals surface area contributed by atoms with Gasteiger partial charge >= 0.3 is 0 Å². The van der Waals surface area contributed by atoms with Crippen LogP contribution in [0, 0.1) is 0 Å². The van der Waals surface area contributed by atoms with Crippen molar-refractivity contribution in [2.75, 3.05) is 5.73 Å². The van der Waals surface area contributed by atoms with Gasteiger partial charge in [0, 0.05) is 15.1 Å². The highest BCUT2D eigenvalue weighted by molar-refractivity contribution is 9.10. The zero-order chi connectivity index (χ0) is 14.8. The zero-order valence-corrected chi connectivity index (χ0v) is 13.5. The Morgan fingerprint density at radius 1 is 1.14 bits per heavy atom. The molecule has 106 valence electrons. The first-order valence-electron chi connectivity index (χ1n) is 6.45. The number of anilines is 1. The molecule has 0 aliphatic heterocycles. The first-order valence-corrected chi connectivity index (χ1v) is 7.62. The molecule has 0 aliphatic carbocycles. The summed E-state index contributed by atoms with van der Waals surface area (Å²) in [5, 5.41) is 0.658. The maximum absolute atomic E-state index is 6.24. The molecule has 0 saturated heterocycles. The van der Waals surface area contributed by atoms with Gasteiger partial charge in [-0.1, -0.05) is 57.9 Å². The second kappa shape index (κ2) is 5.92. The number of benzene rings is 2. The topological polar surface area (TPSA) is 43.8 Å². The minimum absolute atomic E-state index is 0.627. The second-order valence-corrected chi connectivity index (χ2v) is 6.01. The quantitative estimate of drug-likeness (QED) is 0.740. The highest BCUT2D eigenvalue weighted by atomic mass is 79.9. The Morgan fingerprint density at radius 2 is 1.90 bits per heavy atom. The predicted octanol–water partition coefficient (Wildman–Crippen LogP) is 4.60. The van der Waals surface area contributed by atoms with Crippen molar-refractivity contribution in [2.24, 2.45) is 0 Å². The summed E-state index contributed by atoms with van der Waals surface area (Å²) < 4.78 is 2.85. The van der Waals surface area contributed by atoms with Gasteiger partial charge in [-0.25, -0.2) is 4.98 Å². The molecular weight excluding hydrogens is 350 g/mol. The third-order valence-electron chi connectivity index (χ3n) is 3.26. The maximum Gasteiger partial charge on any atom is 0.131 e. The first-order chi connectivity index (χ1) is 10.1. The zero-order valence-electron chi connectivity index (χ0n) is 11.1. The molecule has 0 aliphatic rings. The van der Waals surface area contributed by atoms with Crippen LogP contribution in [-0.4, -0.2) is 9.55 Å². The van der Waals surface area contributed by atoms with Crippen LogP contribution >= 0.6 is 27.5 Å². The third-order valence-corrected chi connectivity index (χ3v) is 4.18. The molecule has 2 aromatic carbocycles. The van der Waals surface area contributed by atoms with Gasteiger partial charge in [-0.3, -0.25) is 0 Å². The molecule has 0 unspecified atom stereocenters. The van der Waals surface area contributed by atoms with Crippen molar-refractivity contribution in [1.82, 2.24) is 9.55 Å². The molecule has 3 nitrogen and oxygen atoms in total. The van der Waals surface area contributed by atoms with E-state index in [1.165, 1.54) is 5.56 Å². The maximum atomic E-state index is 6.24. The molecule has 0 saturated carbocycles. The van der Waals surface area contributed by atoms with Crippen molar-refractivity contribution < 1.29 is 0 Å². The normalized spacial score (nSPS) is 10.8. The van der Waals surface area contributed by atoms with Crippen molar-refractivity contribution >= 4 is 33.3 Å². The highest BCUT2D eigenvalue weighted by Gasteiger charge is 2.13. The monoisotopic (exact) mass is 361 g/mol. The minimum Gasteiger partial charge on any atom is -0.383 e. The van der Waals surface area contributed by atoms with Gasteiger partial charge in [-0.05, 0) is 23.8 Å². The van der Waals surface area contributed by atoms with Crippen molar-refractivity contribution in [3.63, 3.8) is 0 Å². The molecule has 0 spiro atoms. The van der Waals surface area contributed by atoms with Crippen LogP contribution in [0.1, 0.15) is 5.56 Å². The van der Waals surface area contributed by atoms with Crippen molar-refractivity contribution in [1.29, 1.82) is 0 Å². The van der Waals surface area contributed by atoms with Gasteiger partial charge in [-0.2, -0.15) is 0 Å². The SMILES string of the molecule is Nc1c(-c2cc(Cl)ccc2Br)ncn1Cc1ccccc1. The number of hydrogen-bond donors (Lipinski definition) is 1. The molecule has 2 N–H and O–H groups in total. The number of nitrogens with zero attached hydrogens (tertiary/aromatic N) is 2. The van der Waals surface area contributed by atoms with Gasteiger partial charge in [0.1, 0.15) is 11.5 Å². The summed E-state index contributed by atoms with van der Waals surface area (Å²) >= 11 is 9.57. The molecule has 0 atom stereocenters. The molecule has 0 radical (unpaired) electrons. The van der Waals surface area contributed by atoms with Crippen LogP contribution in [0.25, 0.3) is 11.3 Å². The Labute approximate surface area is 136 Å². The summed E-state index contributed by atoms with van der Waals surface area (Å²) in [6, 6.07) is 15.7. The standard InChI is InChI=1S/C16H13BrClN3/c17-14-7-6-12(18)8-13(14)15-16(19)21(10-20-15)9-11-4-2-1-3-5-11/h1-8,10H,9,19H2. The molecule has 3 rings (SSSR count). The van der Waals surface area contributed by atoms with Crippen LogP contribution in [0.15, 0.2) is 59.3 Å². The summed E-state index contributed by atoms with van der Waals surface area (Å²) in [6.45, 7) is 0.692. The van der Waals surface area contributed by atoms with Crippen molar-refractivity contribution in [3.05, 3.63) is 69.9 Å². The molecular formula is C16H13BrClN3. The summed E-state index contributed by atoms with van der Waals surface area (Å²) in [6.07, 6.45) is 1.75. The van der Waals surface area contributed by atoms with E-state index in [2.05, 4.69) is 33.0 Å². The second-order valence-electron chi connectivity index (χ2n) is 4.72. The fourth-order valence-corrected chi connectivity index (χ4v) is 2.79. The fraction of sp³-hybridized carbons (Fsp3) is 0.0625. The molecule has 0 fully saturated rings. The molecule has 5 heteroatoms. The highest BCUT2D eigenvalue weighted by Crippen LogP contribution is 2.33. The number of nitrogen functional groups attached to an aromatic ring is 1. The molecule has 21 heavy (non-hydrogen) atoms. The van der Waals surface area contributed by atoms with E-state index in [1.807, 2.05) is 41.0 Å². The number of aromatic nitrogens is 2. The van der Waals surface area contributed by atoms with Gasteiger partial charge < -0.3 is 10.3 Å². The Balaban J connectivity index is 1.98. The fourth-order valence-electron chi connectivity index (χ4n) is 2.18. The van der Waals surface area contributed by atoms with Crippen LogP contribution in [0.4, 0.5) is 5.82 Å². The number of hydrogen-bond acceptors (Lipinski definition) is 2. The number of nitrogens with two attached hydrogens (primary N) is 1. The smallest absolute Gasteiger partial charge is 0.131 e. The first kappa shape index (κ1) is 14.2. The Bertz CT molecular complexity index is 768. The van der Waals surface area contributed by atoms with Crippen LogP contribution in [-0.2, 0) is 6.54 Å². The molecule has 0 bridgehead atoms. The Kier molecular flexibility index (Phi) is 3.99. The summed E-state index contributed by atoms with van der Waals surface area (Å²) in [5.41, 5.74) is 9.05. The van der Waals surface area contributed by atoms with Crippen LogP contribution in [0.2, 0.25) is 5.02 Å². The van der Waals surface area contributed by atoms with E-state index in [0.29, 0.717) is 17.4 Å². The van der Waals surface area contributed by atoms with Gasteiger partial charge in [0.15, 0.2) is 0 Å². The predicted molar refractivity (Wildman–Crippen MR) is 90.3 cm³/mol. The van der Waals surface area contributed by atoms with E-state index in [1.54, 1.807) is 6.33 Å². The lowest BCUT2D eigenvalue weighted by Gasteiger charge is -2.07. The molecule has 0 amide bonds. The average Bonchev–Trinajstić information content (AvgIpc) is 2.84. The van der Waals surface area contributed by atoms with Gasteiger partial charge in [0.25, 0.3) is 0 Å². The molecule has 3 aromatic rings. The largest absolute Gasteiger partial charge is 0.383 e. The van der Waals surface area contributed by atoms with E-state index >= 15 is 0 Å². The Hall–Kier alpha value is -1.78. The van der Waals surface area contributed by atoms with E-state index in [0.717, 1.165) is 15.7 Å². The van der Waals surface area contributed by atoms with Crippen LogP contribution < -0.4 is 5.73 Å². The minimum atomic E-state index is 0.627. The number of halogens is 2. The lowest BCUT2D eigenvalue weighted by atomic mass is 10.1. The van der Waals surface area contributed by atoms with Gasteiger partial charge in [0.05, 0.1) is 12.9 Å². The van der Waals surface area contributed by atoms with Gasteiger partial charge in [0.2, 0.25) is 0 Å². The van der Waals surface area contributed by atoms with Crippen LogP contribution in [0.5, 0.6) is 0 Å². The van der Waals surface area contributed by atoms with Crippen molar-refractivity contribution in [3.8, 4) is 11.3 Å². The lowest BCUT2D eigenvalue weighted by Crippen LogP contribution is -2.03. The van der Waals surface area contributed by atoms with Crippen molar-refractivity contribution in [2.45, 2.75) is 6.54 Å². The molecule has 1 heterocycles. The summed E-state index contributed by atoms with van der Waals surface area (Å²) in [4.78, 5) is 4.43. The van der Waals surface area contributed by atoms with E-state index in [-0.39, 0.29) is 0 Å². The number of imidazole rings is 1. The molecule has 1 aromatic heterocycles. The van der Waals surface area contributed by atoms with E-state index in [4.69, 9.17) is 17.3 Å².